The van der Waals surface area contributed by atoms with Crippen molar-refractivity contribution in [3.05, 3.63) is 44.6 Å². The Morgan fingerprint density at radius 1 is 1.53 bits per heavy atom. The molecule has 1 heterocycles. The van der Waals surface area contributed by atoms with E-state index in [2.05, 4.69) is 0 Å². The van der Waals surface area contributed by atoms with E-state index in [1.165, 1.54) is 18.2 Å². The van der Waals surface area contributed by atoms with E-state index in [0.717, 1.165) is 0 Å². The van der Waals surface area contributed by atoms with Gasteiger partial charge in [-0.2, -0.15) is 0 Å². The van der Waals surface area contributed by atoms with Gasteiger partial charge in [0, 0.05) is 17.7 Å². The van der Waals surface area contributed by atoms with Gasteiger partial charge in [0.25, 0.3) is 5.69 Å². The number of carbonyl (C=O) groups is 1. The van der Waals surface area contributed by atoms with E-state index in [1.807, 2.05) is 0 Å². The summed E-state index contributed by atoms with van der Waals surface area (Å²) >= 11 is 0. The van der Waals surface area contributed by atoms with Gasteiger partial charge >= 0.3 is 0 Å². The molecule has 0 spiro atoms. The first-order valence-electron chi connectivity index (χ1n) is 5.01. The van der Waals surface area contributed by atoms with E-state index >= 15 is 0 Å². The number of non-ortho nitro benzene ring substituents is 1. The SMILES string of the molecule is O=Cc1ccc([N+](=O)[O-])cc1C1OCC[NH+]1[O-]. The van der Waals surface area contributed by atoms with Crippen LogP contribution in [0.4, 0.5) is 5.69 Å². The molecule has 17 heavy (non-hydrogen) atoms. The zero-order chi connectivity index (χ0) is 12.4. The number of nitro benzene ring substituents is 1. The third kappa shape index (κ3) is 2.16. The molecule has 7 nitrogen and oxygen atoms in total. The van der Waals surface area contributed by atoms with E-state index in [0.29, 0.717) is 6.29 Å². The second-order valence-electron chi connectivity index (χ2n) is 3.66. The average molecular weight is 238 g/mol. The average Bonchev–Trinajstić information content (AvgIpc) is 2.74. The number of ether oxygens (including phenoxy) is 1. The lowest BCUT2D eigenvalue weighted by Crippen LogP contribution is -3.05. The van der Waals surface area contributed by atoms with Gasteiger partial charge in [0.05, 0.1) is 10.5 Å². The van der Waals surface area contributed by atoms with Crippen molar-refractivity contribution < 1.29 is 19.5 Å². The third-order valence-electron chi connectivity index (χ3n) is 2.62. The highest BCUT2D eigenvalue weighted by Crippen LogP contribution is 2.23. The van der Waals surface area contributed by atoms with Crippen molar-refractivity contribution in [2.24, 2.45) is 0 Å². The van der Waals surface area contributed by atoms with Crippen LogP contribution in [0.5, 0.6) is 0 Å². The van der Waals surface area contributed by atoms with Gasteiger partial charge < -0.3 is 15.0 Å². The minimum Gasteiger partial charge on any atom is -0.632 e. The van der Waals surface area contributed by atoms with Crippen LogP contribution in [0.2, 0.25) is 0 Å². The molecule has 1 aliphatic heterocycles. The first kappa shape index (κ1) is 11.6. The third-order valence-corrected chi connectivity index (χ3v) is 2.62. The first-order chi connectivity index (χ1) is 8.13. The summed E-state index contributed by atoms with van der Waals surface area (Å²) in [5.74, 6) is 0. The normalized spacial score (nSPS) is 23.6. The Balaban J connectivity index is 2.45. The summed E-state index contributed by atoms with van der Waals surface area (Å²) in [6, 6.07) is 3.78. The lowest BCUT2D eigenvalue weighted by molar-refractivity contribution is -0.882. The van der Waals surface area contributed by atoms with Crippen molar-refractivity contribution in [3.8, 4) is 0 Å². The monoisotopic (exact) mass is 238 g/mol. The molecule has 2 rings (SSSR count). The fourth-order valence-corrected chi connectivity index (χ4v) is 1.77. The Kier molecular flexibility index (Phi) is 3.14. The van der Waals surface area contributed by atoms with Gasteiger partial charge in [0.2, 0.25) is 6.23 Å². The topological polar surface area (TPSA) is 96.9 Å². The summed E-state index contributed by atoms with van der Waals surface area (Å²) in [5, 5.41) is 22.0. The van der Waals surface area contributed by atoms with Gasteiger partial charge in [-0.3, -0.25) is 14.9 Å². The summed E-state index contributed by atoms with van der Waals surface area (Å²) in [6.07, 6.45) is -0.288. The number of hydroxylamine groups is 2. The van der Waals surface area contributed by atoms with Crippen molar-refractivity contribution in [2.45, 2.75) is 6.23 Å². The van der Waals surface area contributed by atoms with E-state index in [-0.39, 0.29) is 35.0 Å². The van der Waals surface area contributed by atoms with Crippen LogP contribution in [0, 0.1) is 15.3 Å². The van der Waals surface area contributed by atoms with Crippen LogP contribution < -0.4 is 5.06 Å². The maximum atomic E-state index is 11.5. The van der Waals surface area contributed by atoms with Crippen LogP contribution in [0.25, 0.3) is 0 Å². The van der Waals surface area contributed by atoms with Crippen molar-refractivity contribution >= 4 is 12.0 Å². The second-order valence-corrected chi connectivity index (χ2v) is 3.66. The van der Waals surface area contributed by atoms with Gasteiger partial charge in [-0.15, -0.1) is 0 Å². The molecule has 7 heteroatoms. The zero-order valence-corrected chi connectivity index (χ0v) is 8.79. The highest BCUT2D eigenvalue weighted by Gasteiger charge is 2.29. The number of quaternary nitrogens is 1. The van der Waals surface area contributed by atoms with Crippen LogP contribution in [-0.4, -0.2) is 24.4 Å². The van der Waals surface area contributed by atoms with Gasteiger partial charge in [-0.25, -0.2) is 0 Å². The molecule has 0 saturated carbocycles. The zero-order valence-electron chi connectivity index (χ0n) is 8.79. The van der Waals surface area contributed by atoms with Crippen LogP contribution in [0.3, 0.4) is 0 Å². The number of hydrogen-bond donors (Lipinski definition) is 1. The van der Waals surface area contributed by atoms with Gasteiger partial charge in [0.15, 0.2) is 6.29 Å². The minimum absolute atomic E-state index is 0.158. The van der Waals surface area contributed by atoms with Crippen molar-refractivity contribution in [2.75, 3.05) is 13.2 Å². The molecule has 90 valence electrons. The molecule has 0 aromatic heterocycles. The highest BCUT2D eigenvalue weighted by atomic mass is 16.6. The van der Waals surface area contributed by atoms with Crippen molar-refractivity contribution in [3.63, 3.8) is 0 Å². The Bertz CT molecular complexity index is 462. The van der Waals surface area contributed by atoms with Gasteiger partial charge in [-0.1, -0.05) is 0 Å². The molecule has 0 bridgehead atoms. The Labute approximate surface area is 96.3 Å². The minimum atomic E-state index is -0.852. The van der Waals surface area contributed by atoms with Crippen LogP contribution in [0.15, 0.2) is 18.2 Å². The molecule has 2 unspecified atom stereocenters. The van der Waals surface area contributed by atoms with E-state index < -0.39 is 11.2 Å². The predicted octanol–water partition coefficient (Wildman–Crippen LogP) is -0.181. The lowest BCUT2D eigenvalue weighted by Gasteiger charge is -2.22. The number of nitro groups is 1. The molecular weight excluding hydrogens is 228 g/mol. The summed E-state index contributed by atoms with van der Waals surface area (Å²) in [5.41, 5.74) is 0.362. The van der Waals surface area contributed by atoms with E-state index in [9.17, 15) is 20.1 Å². The number of aldehydes is 1. The molecule has 1 saturated heterocycles. The summed E-state index contributed by atoms with van der Waals surface area (Å²) in [7, 11) is 0. The molecule has 1 aromatic rings. The summed E-state index contributed by atoms with van der Waals surface area (Å²) in [6.45, 7) is 0.552. The molecule has 1 N–H and O–H groups in total. The van der Waals surface area contributed by atoms with Crippen molar-refractivity contribution in [1.82, 2.24) is 0 Å². The maximum Gasteiger partial charge on any atom is 0.270 e. The second kappa shape index (κ2) is 4.58. The van der Waals surface area contributed by atoms with Crippen LogP contribution in [-0.2, 0) is 4.74 Å². The summed E-state index contributed by atoms with van der Waals surface area (Å²) < 4.78 is 5.20. The van der Waals surface area contributed by atoms with Gasteiger partial charge in [0.1, 0.15) is 13.2 Å². The Hall–Kier alpha value is -1.83. The molecule has 0 radical (unpaired) electrons. The number of rotatable bonds is 3. The fourth-order valence-electron chi connectivity index (χ4n) is 1.77. The van der Waals surface area contributed by atoms with Gasteiger partial charge in [-0.05, 0) is 6.07 Å². The molecule has 0 aliphatic carbocycles. The van der Waals surface area contributed by atoms with Crippen molar-refractivity contribution in [1.29, 1.82) is 0 Å². The largest absolute Gasteiger partial charge is 0.632 e. The Morgan fingerprint density at radius 2 is 2.29 bits per heavy atom. The number of carbonyl (C=O) groups excluding carboxylic acids is 1. The highest BCUT2D eigenvalue weighted by molar-refractivity contribution is 5.78. The fraction of sp³-hybridized carbons (Fsp3) is 0.300. The maximum absolute atomic E-state index is 11.5. The van der Waals surface area contributed by atoms with E-state index in [1.54, 1.807) is 0 Å². The molecule has 1 aromatic carbocycles. The number of nitrogens with zero attached hydrogens (tertiary/aromatic N) is 1. The number of benzene rings is 1. The van der Waals surface area contributed by atoms with E-state index in [4.69, 9.17) is 4.74 Å². The Morgan fingerprint density at radius 3 is 2.82 bits per heavy atom. The standard InChI is InChI=1S/C10H10N2O5/c13-6-7-1-2-8(12(15)16)5-9(7)10-11(14)3-4-17-10/h1-2,5-6,10-11H,3-4H2. The number of hydrogen-bond acceptors (Lipinski definition) is 5. The molecule has 1 fully saturated rings. The predicted molar refractivity (Wildman–Crippen MR) is 56.4 cm³/mol. The lowest BCUT2D eigenvalue weighted by atomic mass is 10.1. The molecule has 0 amide bonds. The summed E-state index contributed by atoms with van der Waals surface area (Å²) in [4.78, 5) is 20.9. The molecular formula is C10H10N2O5. The number of nitrogens with one attached hydrogen (secondary N) is 1. The smallest absolute Gasteiger partial charge is 0.270 e. The quantitative estimate of drug-likeness (QED) is 0.341. The van der Waals surface area contributed by atoms with Crippen LogP contribution >= 0.6 is 0 Å². The molecule has 2 atom stereocenters. The molecule has 1 aliphatic rings. The van der Waals surface area contributed by atoms with Crippen LogP contribution in [0.1, 0.15) is 22.1 Å². The first-order valence-corrected chi connectivity index (χ1v) is 5.01.